The van der Waals surface area contributed by atoms with Gasteiger partial charge in [-0.1, -0.05) is 38.4 Å². The van der Waals surface area contributed by atoms with Crippen molar-refractivity contribution in [3.63, 3.8) is 0 Å². The normalized spacial score (nSPS) is 28.6. The first kappa shape index (κ1) is 17.1. The van der Waals surface area contributed by atoms with Crippen molar-refractivity contribution >= 4 is 22.5 Å². The fourth-order valence-corrected chi connectivity index (χ4v) is 5.81. The Balaban J connectivity index is 1.72. The Morgan fingerprint density at radius 2 is 2.04 bits per heavy atom. The van der Waals surface area contributed by atoms with Gasteiger partial charge in [0.15, 0.2) is 5.43 Å². The van der Waals surface area contributed by atoms with Gasteiger partial charge in [0, 0.05) is 35.8 Å². The van der Waals surface area contributed by atoms with Crippen LogP contribution in [0.2, 0.25) is 5.02 Å². The first-order valence-corrected chi connectivity index (χ1v) is 9.59. The maximum atomic E-state index is 13.1. The summed E-state index contributed by atoms with van der Waals surface area (Å²) in [5, 5.41) is 1.30. The van der Waals surface area contributed by atoms with Crippen molar-refractivity contribution in [3.05, 3.63) is 44.7 Å². The highest BCUT2D eigenvalue weighted by atomic mass is 35.5. The smallest absolute Gasteiger partial charge is 0.194 e. The molecule has 4 heteroatoms. The third-order valence-electron chi connectivity index (χ3n) is 6.18. The zero-order valence-electron chi connectivity index (χ0n) is 15.6. The summed E-state index contributed by atoms with van der Waals surface area (Å²) in [7, 11) is 0. The van der Waals surface area contributed by atoms with Crippen molar-refractivity contribution in [2.45, 2.75) is 59.5 Å². The number of fused-ring (bicyclic) bond motifs is 3. The van der Waals surface area contributed by atoms with Crippen LogP contribution in [-0.2, 0) is 6.54 Å². The van der Waals surface area contributed by atoms with Gasteiger partial charge < -0.3 is 4.98 Å². The molecule has 1 aromatic heterocycles. The van der Waals surface area contributed by atoms with Gasteiger partial charge >= 0.3 is 0 Å². The van der Waals surface area contributed by atoms with Crippen LogP contribution >= 0.6 is 11.6 Å². The Morgan fingerprint density at radius 1 is 1.28 bits per heavy atom. The second kappa shape index (κ2) is 5.59. The second-order valence-corrected chi connectivity index (χ2v) is 9.75. The van der Waals surface area contributed by atoms with E-state index >= 15 is 0 Å². The average molecular weight is 359 g/mol. The molecule has 3 nitrogen and oxygen atoms in total. The van der Waals surface area contributed by atoms with Crippen LogP contribution in [0.15, 0.2) is 23.0 Å². The summed E-state index contributed by atoms with van der Waals surface area (Å²) in [6.07, 6.45) is 3.75. The third-order valence-corrected chi connectivity index (χ3v) is 6.50. The van der Waals surface area contributed by atoms with Crippen molar-refractivity contribution in [1.82, 2.24) is 9.88 Å². The molecule has 2 heterocycles. The number of nitrogens with one attached hydrogen (secondary N) is 1. The summed E-state index contributed by atoms with van der Waals surface area (Å²) in [5.41, 5.74) is 3.49. The van der Waals surface area contributed by atoms with Gasteiger partial charge in [0.1, 0.15) is 0 Å². The van der Waals surface area contributed by atoms with Gasteiger partial charge in [-0.05, 0) is 49.1 Å². The van der Waals surface area contributed by atoms with E-state index in [0.29, 0.717) is 27.3 Å². The van der Waals surface area contributed by atoms with E-state index < -0.39 is 0 Å². The molecule has 2 bridgehead atoms. The van der Waals surface area contributed by atoms with E-state index in [9.17, 15) is 4.79 Å². The van der Waals surface area contributed by atoms with Crippen molar-refractivity contribution in [3.8, 4) is 0 Å². The van der Waals surface area contributed by atoms with Crippen LogP contribution in [0.5, 0.6) is 0 Å². The average Bonchev–Trinajstić information content (AvgIpc) is 2.73. The van der Waals surface area contributed by atoms with Crippen LogP contribution in [0.1, 0.15) is 51.3 Å². The summed E-state index contributed by atoms with van der Waals surface area (Å²) in [4.78, 5) is 19.0. The highest BCUT2D eigenvalue weighted by molar-refractivity contribution is 6.35. The van der Waals surface area contributed by atoms with E-state index in [-0.39, 0.29) is 5.43 Å². The molecule has 1 aromatic carbocycles. The van der Waals surface area contributed by atoms with E-state index in [1.54, 1.807) is 0 Å². The molecule has 0 unspecified atom stereocenters. The van der Waals surface area contributed by atoms with Crippen LogP contribution < -0.4 is 5.43 Å². The number of aromatic nitrogens is 1. The number of halogens is 1. The number of H-pyrrole nitrogens is 1. The standard InChI is InChI=1S/C21H27ClN2O/c1-13-16(19(25)15-6-5-7-17(22)18(15)23-13)10-24-12-21(4)9-14(24)8-20(2,3)11-21/h5-7,14H,8-12H2,1-4H3,(H,23,25)/t14-,21+/m0/s1. The minimum Gasteiger partial charge on any atom is -0.357 e. The number of likely N-dealkylation sites (tertiary alicyclic amines) is 1. The van der Waals surface area contributed by atoms with Crippen molar-refractivity contribution in [2.75, 3.05) is 6.54 Å². The topological polar surface area (TPSA) is 36.1 Å². The molecular formula is C21H27ClN2O. The molecular weight excluding hydrogens is 332 g/mol. The van der Waals surface area contributed by atoms with Gasteiger partial charge in [0.05, 0.1) is 10.5 Å². The van der Waals surface area contributed by atoms with Gasteiger partial charge in [-0.25, -0.2) is 0 Å². The van der Waals surface area contributed by atoms with E-state index in [1.807, 2.05) is 25.1 Å². The molecule has 2 aromatic rings. The fourth-order valence-electron chi connectivity index (χ4n) is 5.59. The van der Waals surface area contributed by atoms with E-state index in [2.05, 4.69) is 30.7 Å². The lowest BCUT2D eigenvalue weighted by Gasteiger charge is -2.40. The molecule has 0 amide bonds. The van der Waals surface area contributed by atoms with E-state index in [1.165, 1.54) is 19.3 Å². The summed E-state index contributed by atoms with van der Waals surface area (Å²) < 4.78 is 0. The summed E-state index contributed by atoms with van der Waals surface area (Å²) >= 11 is 6.27. The Bertz CT molecular complexity index is 901. The van der Waals surface area contributed by atoms with Crippen LogP contribution in [-0.4, -0.2) is 22.5 Å². The molecule has 0 radical (unpaired) electrons. The molecule has 134 valence electrons. The molecule has 1 saturated heterocycles. The van der Waals surface area contributed by atoms with Crippen LogP contribution in [0.3, 0.4) is 0 Å². The zero-order valence-corrected chi connectivity index (χ0v) is 16.3. The maximum absolute atomic E-state index is 13.1. The number of benzene rings is 1. The Morgan fingerprint density at radius 3 is 2.80 bits per heavy atom. The van der Waals surface area contributed by atoms with Crippen LogP contribution in [0.4, 0.5) is 0 Å². The molecule has 1 aliphatic heterocycles. The third kappa shape index (κ3) is 2.92. The van der Waals surface area contributed by atoms with Crippen LogP contribution in [0.25, 0.3) is 10.9 Å². The highest BCUT2D eigenvalue weighted by Crippen LogP contribution is 2.52. The molecule has 2 aliphatic rings. The first-order chi connectivity index (χ1) is 11.7. The van der Waals surface area contributed by atoms with Gasteiger partial charge in [-0.2, -0.15) is 0 Å². The lowest BCUT2D eigenvalue weighted by molar-refractivity contribution is 0.126. The van der Waals surface area contributed by atoms with Crippen molar-refractivity contribution in [1.29, 1.82) is 0 Å². The highest BCUT2D eigenvalue weighted by Gasteiger charge is 2.49. The molecule has 0 spiro atoms. The molecule has 1 saturated carbocycles. The minimum absolute atomic E-state index is 0.125. The zero-order chi connectivity index (χ0) is 18.0. The monoisotopic (exact) mass is 358 g/mol. The molecule has 2 fully saturated rings. The lowest BCUT2D eigenvalue weighted by Crippen LogP contribution is -2.35. The quantitative estimate of drug-likeness (QED) is 0.829. The second-order valence-electron chi connectivity index (χ2n) is 9.34. The fraction of sp³-hybridized carbons (Fsp3) is 0.571. The largest absolute Gasteiger partial charge is 0.357 e. The minimum atomic E-state index is 0.125. The van der Waals surface area contributed by atoms with Gasteiger partial charge in [-0.15, -0.1) is 0 Å². The van der Waals surface area contributed by atoms with Gasteiger partial charge in [0.25, 0.3) is 0 Å². The number of rotatable bonds is 2. The van der Waals surface area contributed by atoms with Crippen molar-refractivity contribution < 1.29 is 0 Å². The number of hydrogen-bond acceptors (Lipinski definition) is 2. The van der Waals surface area contributed by atoms with E-state index in [0.717, 1.165) is 29.9 Å². The Kier molecular flexibility index (Phi) is 3.82. The molecule has 4 rings (SSSR count). The lowest BCUT2D eigenvalue weighted by atomic mass is 9.65. The SMILES string of the molecule is Cc1[nH]c2c(Cl)cccc2c(=O)c1CN1C[C@]2(C)C[C@@H]1CC(C)(C)C2. The van der Waals surface area contributed by atoms with Gasteiger partial charge in [-0.3, -0.25) is 9.69 Å². The van der Waals surface area contributed by atoms with Gasteiger partial charge in [0.2, 0.25) is 0 Å². The number of pyridine rings is 1. The molecule has 25 heavy (non-hydrogen) atoms. The first-order valence-electron chi connectivity index (χ1n) is 9.22. The Hall–Kier alpha value is -1.32. The number of aromatic amines is 1. The summed E-state index contributed by atoms with van der Waals surface area (Å²) in [6.45, 7) is 11.0. The Labute approximate surface area is 154 Å². The predicted molar refractivity (Wildman–Crippen MR) is 104 cm³/mol. The maximum Gasteiger partial charge on any atom is 0.194 e. The number of nitrogens with zero attached hydrogens (tertiary/aromatic N) is 1. The molecule has 1 N–H and O–H groups in total. The summed E-state index contributed by atoms with van der Waals surface area (Å²) in [6, 6.07) is 6.13. The predicted octanol–water partition coefficient (Wildman–Crippen LogP) is 4.89. The van der Waals surface area contributed by atoms with Crippen LogP contribution in [0, 0.1) is 17.8 Å². The molecule has 1 aliphatic carbocycles. The van der Waals surface area contributed by atoms with Crippen molar-refractivity contribution in [2.24, 2.45) is 10.8 Å². The number of aryl methyl sites for hydroxylation is 1. The van der Waals surface area contributed by atoms with E-state index in [4.69, 9.17) is 11.6 Å². The number of para-hydroxylation sites is 1. The number of hydrogen-bond donors (Lipinski definition) is 1. The molecule has 2 atom stereocenters. The summed E-state index contributed by atoms with van der Waals surface area (Å²) in [5.74, 6) is 0.